The highest BCUT2D eigenvalue weighted by molar-refractivity contribution is 9.10. The average molecular weight is 497 g/mol. The quantitative estimate of drug-likeness (QED) is 0.434. The van der Waals surface area contributed by atoms with E-state index in [0.717, 1.165) is 0 Å². The molecule has 0 aliphatic carbocycles. The van der Waals surface area contributed by atoms with E-state index in [1.54, 1.807) is 0 Å². The van der Waals surface area contributed by atoms with Crippen molar-refractivity contribution < 1.29 is 35.8 Å². The van der Waals surface area contributed by atoms with Crippen molar-refractivity contribution in [3.63, 3.8) is 0 Å². The lowest BCUT2D eigenvalue weighted by atomic mass is 10.2. The topological polar surface area (TPSA) is 75.2 Å². The van der Waals surface area contributed by atoms with Gasteiger partial charge in [-0.15, -0.1) is 10.2 Å². The summed E-state index contributed by atoms with van der Waals surface area (Å²) >= 11 is 2.91. The number of halogens is 6. The Bertz CT molecular complexity index is 1040. The third kappa shape index (κ3) is 4.71. The van der Waals surface area contributed by atoms with Gasteiger partial charge in [0.15, 0.2) is 17.2 Å². The number of hydrogen-bond donors (Lipinski definition) is 0. The first-order chi connectivity index (χ1) is 14.1. The third-order valence-electron chi connectivity index (χ3n) is 4.03. The molecule has 0 unspecified atom stereocenters. The van der Waals surface area contributed by atoms with Crippen LogP contribution in [0.2, 0.25) is 0 Å². The number of benzene rings is 1. The Kier molecular flexibility index (Phi) is 6.29. The molecule has 30 heavy (non-hydrogen) atoms. The number of rotatable bonds is 7. The molecule has 0 amide bonds. The molecule has 0 aliphatic heterocycles. The van der Waals surface area contributed by atoms with Crippen LogP contribution in [0.15, 0.2) is 27.1 Å². The van der Waals surface area contributed by atoms with Crippen LogP contribution in [0.3, 0.4) is 0 Å². The van der Waals surface area contributed by atoms with Crippen molar-refractivity contribution in [3.05, 3.63) is 40.0 Å². The smallest absolute Gasteiger partial charge is 0.436 e. The van der Waals surface area contributed by atoms with E-state index in [1.165, 1.54) is 36.9 Å². The Morgan fingerprint density at radius 2 is 1.93 bits per heavy atom. The van der Waals surface area contributed by atoms with E-state index in [1.807, 2.05) is 0 Å². The SMILES string of the molecule is COc1cc(-c2nnc(CCn3nc(C(F)(F)F)c(Br)c3C)o2)ccc1OC(F)F. The summed E-state index contributed by atoms with van der Waals surface area (Å²) in [7, 11) is 1.29. The molecule has 13 heteroatoms. The molecule has 0 aliphatic rings. The second-order valence-electron chi connectivity index (χ2n) is 5.96. The molecule has 2 heterocycles. The Morgan fingerprint density at radius 3 is 2.53 bits per heavy atom. The molecule has 3 rings (SSSR count). The fourth-order valence-corrected chi connectivity index (χ4v) is 3.10. The second-order valence-corrected chi connectivity index (χ2v) is 6.76. The van der Waals surface area contributed by atoms with Gasteiger partial charge in [-0.1, -0.05) is 0 Å². The molecule has 3 aromatic rings. The third-order valence-corrected chi connectivity index (χ3v) is 4.98. The highest BCUT2D eigenvalue weighted by Gasteiger charge is 2.37. The van der Waals surface area contributed by atoms with Gasteiger partial charge in [-0.25, -0.2) is 0 Å². The van der Waals surface area contributed by atoms with E-state index in [0.29, 0.717) is 11.3 Å². The van der Waals surface area contributed by atoms with Crippen LogP contribution in [-0.2, 0) is 19.1 Å². The highest BCUT2D eigenvalue weighted by atomic mass is 79.9. The molecule has 0 saturated heterocycles. The van der Waals surface area contributed by atoms with Gasteiger partial charge in [-0.2, -0.15) is 27.1 Å². The molecule has 1 aromatic carbocycles. The van der Waals surface area contributed by atoms with Crippen molar-refractivity contribution in [2.75, 3.05) is 7.11 Å². The highest BCUT2D eigenvalue weighted by Crippen LogP contribution is 2.36. The molecular weight excluding hydrogens is 483 g/mol. The molecule has 0 bridgehead atoms. The summed E-state index contributed by atoms with van der Waals surface area (Å²) < 4.78 is 79.6. The zero-order chi connectivity index (χ0) is 22.1. The van der Waals surface area contributed by atoms with E-state index < -0.39 is 18.5 Å². The molecule has 2 aromatic heterocycles. The fraction of sp³-hybridized carbons (Fsp3) is 0.353. The molecule has 0 fully saturated rings. The maximum Gasteiger partial charge on any atom is 0.436 e. The summed E-state index contributed by atoms with van der Waals surface area (Å²) in [6.45, 7) is -1.43. The largest absolute Gasteiger partial charge is 0.493 e. The fourth-order valence-electron chi connectivity index (χ4n) is 2.59. The van der Waals surface area contributed by atoms with Crippen molar-refractivity contribution in [2.24, 2.45) is 0 Å². The van der Waals surface area contributed by atoms with Gasteiger partial charge in [0.25, 0.3) is 0 Å². The van der Waals surface area contributed by atoms with Crippen LogP contribution in [0, 0.1) is 6.92 Å². The summed E-state index contributed by atoms with van der Waals surface area (Å²) in [5, 5.41) is 11.3. The van der Waals surface area contributed by atoms with Crippen LogP contribution in [0.5, 0.6) is 11.5 Å². The van der Waals surface area contributed by atoms with Crippen LogP contribution < -0.4 is 9.47 Å². The Hall–Kier alpha value is -2.70. The number of ether oxygens (including phenoxy) is 2. The van der Waals surface area contributed by atoms with Gasteiger partial charge >= 0.3 is 12.8 Å². The summed E-state index contributed by atoms with van der Waals surface area (Å²) in [6, 6.07) is 4.09. The first kappa shape index (κ1) is 22.0. The average Bonchev–Trinajstić information content (AvgIpc) is 3.25. The van der Waals surface area contributed by atoms with Crippen LogP contribution >= 0.6 is 15.9 Å². The van der Waals surface area contributed by atoms with Gasteiger partial charge in [0.1, 0.15) is 0 Å². The summed E-state index contributed by atoms with van der Waals surface area (Å²) in [5.74, 6) is 0.137. The molecule has 0 radical (unpaired) electrons. The van der Waals surface area contributed by atoms with Gasteiger partial charge in [0, 0.05) is 18.5 Å². The van der Waals surface area contributed by atoms with Crippen LogP contribution in [0.25, 0.3) is 11.5 Å². The molecule has 162 valence electrons. The molecule has 0 N–H and O–H groups in total. The molecule has 7 nitrogen and oxygen atoms in total. The lowest BCUT2D eigenvalue weighted by Gasteiger charge is -2.10. The van der Waals surface area contributed by atoms with Crippen LogP contribution in [0.1, 0.15) is 17.3 Å². The van der Waals surface area contributed by atoms with Gasteiger partial charge in [0.05, 0.1) is 17.3 Å². The lowest BCUT2D eigenvalue weighted by Crippen LogP contribution is -2.10. The van der Waals surface area contributed by atoms with Crippen molar-refractivity contribution in [2.45, 2.75) is 32.7 Å². The maximum atomic E-state index is 12.9. The van der Waals surface area contributed by atoms with Gasteiger partial charge in [0.2, 0.25) is 11.8 Å². The van der Waals surface area contributed by atoms with Crippen molar-refractivity contribution >= 4 is 15.9 Å². The van der Waals surface area contributed by atoms with Gasteiger partial charge in [-0.05, 0) is 41.1 Å². The number of aryl methyl sites for hydroxylation is 2. The minimum absolute atomic E-state index is 0.0456. The normalized spacial score (nSPS) is 11.9. The van der Waals surface area contributed by atoms with Gasteiger partial charge < -0.3 is 13.9 Å². The van der Waals surface area contributed by atoms with Gasteiger partial charge in [-0.3, -0.25) is 4.68 Å². The van der Waals surface area contributed by atoms with Crippen LogP contribution in [0.4, 0.5) is 22.0 Å². The maximum absolute atomic E-state index is 12.9. The Morgan fingerprint density at radius 1 is 1.20 bits per heavy atom. The number of alkyl halides is 5. The monoisotopic (exact) mass is 496 g/mol. The summed E-state index contributed by atoms with van der Waals surface area (Å²) in [4.78, 5) is 0. The molecular formula is C17H14BrF5N4O3. The van der Waals surface area contributed by atoms with Crippen molar-refractivity contribution in [3.8, 4) is 23.0 Å². The number of methoxy groups -OCH3 is 1. The van der Waals surface area contributed by atoms with E-state index in [-0.39, 0.29) is 40.7 Å². The van der Waals surface area contributed by atoms with Crippen molar-refractivity contribution in [1.29, 1.82) is 0 Å². The zero-order valence-corrected chi connectivity index (χ0v) is 17.1. The predicted octanol–water partition coefficient (Wildman–Crippen LogP) is 4.88. The summed E-state index contributed by atoms with van der Waals surface area (Å²) in [6.07, 6.45) is -4.45. The standard InChI is InChI=1S/C17H14BrF5N4O3/c1-8-13(18)14(17(21,22)23)26-27(8)6-5-12-24-25-15(30-12)9-3-4-10(29-16(19)20)11(7-9)28-2/h3-4,7,16H,5-6H2,1-2H3. The first-order valence-corrected chi connectivity index (χ1v) is 9.15. The summed E-state index contributed by atoms with van der Waals surface area (Å²) in [5.41, 5.74) is -0.310. The van der Waals surface area contributed by atoms with Crippen LogP contribution in [-0.4, -0.2) is 33.7 Å². The second kappa shape index (κ2) is 8.58. The number of hydrogen-bond acceptors (Lipinski definition) is 6. The zero-order valence-electron chi connectivity index (χ0n) is 15.5. The number of aromatic nitrogens is 4. The number of nitrogens with zero attached hydrogens (tertiary/aromatic N) is 4. The predicted molar refractivity (Wildman–Crippen MR) is 96.3 cm³/mol. The molecule has 0 atom stereocenters. The lowest BCUT2D eigenvalue weighted by molar-refractivity contribution is -0.142. The minimum atomic E-state index is -4.58. The van der Waals surface area contributed by atoms with E-state index in [2.05, 4.69) is 36.0 Å². The Labute approximate surface area is 174 Å². The first-order valence-electron chi connectivity index (χ1n) is 8.36. The van der Waals surface area contributed by atoms with E-state index >= 15 is 0 Å². The minimum Gasteiger partial charge on any atom is -0.493 e. The Balaban J connectivity index is 1.75. The molecule has 0 saturated carbocycles. The van der Waals surface area contributed by atoms with E-state index in [4.69, 9.17) is 9.15 Å². The van der Waals surface area contributed by atoms with E-state index in [9.17, 15) is 22.0 Å². The molecule has 0 spiro atoms. The van der Waals surface area contributed by atoms with Crippen molar-refractivity contribution in [1.82, 2.24) is 20.0 Å².